The van der Waals surface area contributed by atoms with Crippen molar-refractivity contribution in [1.29, 1.82) is 0 Å². The quantitative estimate of drug-likeness (QED) is 0.284. The first-order valence-corrected chi connectivity index (χ1v) is 11.2. The van der Waals surface area contributed by atoms with Crippen molar-refractivity contribution < 1.29 is 13.2 Å². The van der Waals surface area contributed by atoms with Crippen molar-refractivity contribution in [1.82, 2.24) is 24.7 Å². The molecule has 0 unspecified atom stereocenters. The zero-order valence-electron chi connectivity index (χ0n) is 17.8. The molecule has 3 heterocycles. The van der Waals surface area contributed by atoms with E-state index in [0.29, 0.717) is 22.6 Å². The van der Waals surface area contributed by atoms with Crippen LogP contribution in [0.4, 0.5) is 13.2 Å². The zero-order chi connectivity index (χ0) is 23.3. The summed E-state index contributed by atoms with van der Waals surface area (Å²) in [5.74, 6) is 0.362. The van der Waals surface area contributed by atoms with Gasteiger partial charge in [0, 0.05) is 39.7 Å². The molecule has 0 aliphatic heterocycles. The second-order valence-electron chi connectivity index (χ2n) is 7.88. The van der Waals surface area contributed by atoms with Gasteiger partial charge in [-0.15, -0.1) is 0 Å². The number of hydrogen-bond donors (Lipinski definition) is 1. The standard InChI is InChI=1S/C24H19BrF3N5/c1-3-4-19-21-22(33(2)32-19)20(17-12-29-18-10-9-15(25)11-16(17)18)30-23(31-21)13-5-7-14(8-6-13)24(26,27)28/h5-12,29H,3-4H2,1-2H3. The van der Waals surface area contributed by atoms with E-state index in [1.807, 2.05) is 31.4 Å². The van der Waals surface area contributed by atoms with Gasteiger partial charge in [-0.25, -0.2) is 9.97 Å². The summed E-state index contributed by atoms with van der Waals surface area (Å²) in [5.41, 5.74) is 4.65. The third-order valence-electron chi connectivity index (χ3n) is 5.61. The normalized spacial score (nSPS) is 12.2. The van der Waals surface area contributed by atoms with E-state index in [9.17, 15) is 13.2 Å². The molecule has 0 amide bonds. The lowest BCUT2D eigenvalue weighted by atomic mass is 10.1. The zero-order valence-corrected chi connectivity index (χ0v) is 19.4. The Labute approximate surface area is 195 Å². The van der Waals surface area contributed by atoms with E-state index >= 15 is 0 Å². The predicted octanol–water partition coefficient (Wildman–Crippen LogP) is 6.91. The van der Waals surface area contributed by atoms with Crippen LogP contribution in [0, 0.1) is 0 Å². The molecule has 1 N–H and O–H groups in total. The van der Waals surface area contributed by atoms with Crippen LogP contribution >= 0.6 is 15.9 Å². The van der Waals surface area contributed by atoms with E-state index in [0.717, 1.165) is 57.1 Å². The molecule has 0 fully saturated rings. The fraction of sp³-hybridized carbons (Fsp3) is 0.208. The minimum absolute atomic E-state index is 0.362. The number of nitrogens with zero attached hydrogens (tertiary/aromatic N) is 4. The van der Waals surface area contributed by atoms with Crippen LogP contribution in [0.3, 0.4) is 0 Å². The second-order valence-corrected chi connectivity index (χ2v) is 8.80. The van der Waals surface area contributed by atoms with Crippen LogP contribution in [0.25, 0.3) is 44.6 Å². The molecule has 0 aliphatic carbocycles. The Bertz CT molecular complexity index is 1480. The molecule has 168 valence electrons. The van der Waals surface area contributed by atoms with Gasteiger partial charge < -0.3 is 4.98 Å². The van der Waals surface area contributed by atoms with Crippen molar-refractivity contribution in [2.75, 3.05) is 0 Å². The molecular formula is C24H19BrF3N5. The minimum Gasteiger partial charge on any atom is -0.360 e. The Morgan fingerprint density at radius 2 is 1.82 bits per heavy atom. The molecule has 0 atom stereocenters. The number of benzene rings is 2. The van der Waals surface area contributed by atoms with Crippen molar-refractivity contribution in [3.8, 4) is 22.6 Å². The highest BCUT2D eigenvalue weighted by atomic mass is 79.9. The number of halogens is 4. The van der Waals surface area contributed by atoms with E-state index in [1.54, 1.807) is 4.68 Å². The van der Waals surface area contributed by atoms with E-state index in [-0.39, 0.29) is 0 Å². The highest BCUT2D eigenvalue weighted by Gasteiger charge is 2.30. The summed E-state index contributed by atoms with van der Waals surface area (Å²) in [6.45, 7) is 2.07. The molecule has 5 nitrogen and oxygen atoms in total. The maximum Gasteiger partial charge on any atom is 0.416 e. The summed E-state index contributed by atoms with van der Waals surface area (Å²) in [7, 11) is 1.86. The molecule has 0 aliphatic rings. The van der Waals surface area contributed by atoms with Crippen molar-refractivity contribution in [3.05, 3.63) is 64.4 Å². The van der Waals surface area contributed by atoms with E-state index in [2.05, 4.69) is 32.9 Å². The number of aromatic amines is 1. The van der Waals surface area contributed by atoms with Gasteiger partial charge in [-0.1, -0.05) is 41.4 Å². The Hall–Kier alpha value is -3.20. The lowest BCUT2D eigenvalue weighted by Crippen LogP contribution is -2.04. The van der Waals surface area contributed by atoms with E-state index in [4.69, 9.17) is 9.97 Å². The number of H-pyrrole nitrogens is 1. The van der Waals surface area contributed by atoms with Crippen molar-refractivity contribution in [2.24, 2.45) is 7.05 Å². The van der Waals surface area contributed by atoms with Gasteiger partial charge in [-0.3, -0.25) is 4.68 Å². The van der Waals surface area contributed by atoms with Gasteiger partial charge >= 0.3 is 6.18 Å². The van der Waals surface area contributed by atoms with Crippen LogP contribution in [0.1, 0.15) is 24.6 Å². The van der Waals surface area contributed by atoms with Gasteiger partial charge in [-0.2, -0.15) is 18.3 Å². The Balaban J connectivity index is 1.78. The molecule has 33 heavy (non-hydrogen) atoms. The highest BCUT2D eigenvalue weighted by molar-refractivity contribution is 9.10. The second kappa shape index (κ2) is 7.98. The molecular weight excluding hydrogens is 495 g/mol. The molecule has 0 bridgehead atoms. The van der Waals surface area contributed by atoms with Crippen molar-refractivity contribution in [2.45, 2.75) is 25.9 Å². The van der Waals surface area contributed by atoms with Crippen LogP contribution in [-0.4, -0.2) is 24.7 Å². The van der Waals surface area contributed by atoms with Gasteiger partial charge in [-0.05, 0) is 36.8 Å². The summed E-state index contributed by atoms with van der Waals surface area (Å²) in [4.78, 5) is 12.9. The number of hydrogen-bond acceptors (Lipinski definition) is 3. The first-order valence-electron chi connectivity index (χ1n) is 10.4. The summed E-state index contributed by atoms with van der Waals surface area (Å²) in [6.07, 6.45) is -0.883. The average Bonchev–Trinajstić information content (AvgIpc) is 3.34. The van der Waals surface area contributed by atoms with Gasteiger partial charge in [0.25, 0.3) is 0 Å². The van der Waals surface area contributed by atoms with Gasteiger partial charge in [0.1, 0.15) is 16.7 Å². The molecule has 5 aromatic rings. The molecule has 0 saturated heterocycles. The molecule has 3 aromatic heterocycles. The lowest BCUT2D eigenvalue weighted by Gasteiger charge is -2.10. The summed E-state index contributed by atoms with van der Waals surface area (Å²) in [5, 5.41) is 5.65. The third-order valence-corrected chi connectivity index (χ3v) is 6.10. The fourth-order valence-corrected chi connectivity index (χ4v) is 4.42. The van der Waals surface area contributed by atoms with Gasteiger partial charge in [0.2, 0.25) is 0 Å². The Morgan fingerprint density at radius 1 is 1.06 bits per heavy atom. The molecule has 0 saturated carbocycles. The van der Waals surface area contributed by atoms with Crippen LogP contribution < -0.4 is 0 Å². The topological polar surface area (TPSA) is 59.4 Å². The minimum atomic E-state index is -4.40. The summed E-state index contributed by atoms with van der Waals surface area (Å²) < 4.78 is 41.9. The molecule has 0 spiro atoms. The van der Waals surface area contributed by atoms with Crippen LogP contribution in [0.5, 0.6) is 0 Å². The monoisotopic (exact) mass is 513 g/mol. The van der Waals surface area contributed by atoms with Crippen LogP contribution in [0.15, 0.2) is 53.1 Å². The molecule has 9 heteroatoms. The summed E-state index contributed by atoms with van der Waals surface area (Å²) in [6, 6.07) is 10.9. The lowest BCUT2D eigenvalue weighted by molar-refractivity contribution is -0.137. The third kappa shape index (κ3) is 3.80. The fourth-order valence-electron chi connectivity index (χ4n) is 4.06. The molecule has 0 radical (unpaired) electrons. The van der Waals surface area contributed by atoms with E-state index in [1.165, 1.54) is 12.1 Å². The number of aromatic nitrogens is 5. The maximum absolute atomic E-state index is 13.1. The average molecular weight is 514 g/mol. The van der Waals surface area contributed by atoms with Crippen LogP contribution in [-0.2, 0) is 19.6 Å². The summed E-state index contributed by atoms with van der Waals surface area (Å²) >= 11 is 3.53. The Morgan fingerprint density at radius 3 is 2.52 bits per heavy atom. The number of alkyl halides is 3. The molecule has 5 rings (SSSR count). The van der Waals surface area contributed by atoms with E-state index < -0.39 is 11.7 Å². The number of aryl methyl sites for hydroxylation is 2. The van der Waals surface area contributed by atoms with Crippen molar-refractivity contribution in [3.63, 3.8) is 0 Å². The number of fused-ring (bicyclic) bond motifs is 2. The van der Waals surface area contributed by atoms with Gasteiger partial charge in [0.15, 0.2) is 5.82 Å². The first kappa shape index (κ1) is 21.6. The Kier molecular flexibility index (Phi) is 5.23. The predicted molar refractivity (Wildman–Crippen MR) is 126 cm³/mol. The number of nitrogens with one attached hydrogen (secondary N) is 1. The highest BCUT2D eigenvalue weighted by Crippen LogP contribution is 2.36. The SMILES string of the molecule is CCCc1nn(C)c2c(-c3c[nH]c4ccc(Br)cc34)nc(-c3ccc(C(F)(F)F)cc3)nc12. The van der Waals surface area contributed by atoms with Crippen LogP contribution in [0.2, 0.25) is 0 Å². The van der Waals surface area contributed by atoms with Crippen molar-refractivity contribution >= 4 is 37.9 Å². The smallest absolute Gasteiger partial charge is 0.360 e. The molecule has 2 aromatic carbocycles. The largest absolute Gasteiger partial charge is 0.416 e. The first-order chi connectivity index (χ1) is 15.8. The number of rotatable bonds is 4. The van der Waals surface area contributed by atoms with Gasteiger partial charge in [0.05, 0.1) is 11.3 Å². The maximum atomic E-state index is 13.1.